The van der Waals surface area contributed by atoms with Gasteiger partial charge < -0.3 is 14.7 Å². The van der Waals surface area contributed by atoms with E-state index >= 15 is 0 Å². The van der Waals surface area contributed by atoms with Gasteiger partial charge in [0, 0.05) is 11.6 Å². The molecule has 1 fully saturated rings. The van der Waals surface area contributed by atoms with Gasteiger partial charge in [0.05, 0.1) is 4.47 Å². The van der Waals surface area contributed by atoms with Gasteiger partial charge >= 0.3 is 5.97 Å². The summed E-state index contributed by atoms with van der Waals surface area (Å²) in [4.78, 5) is 24.7. The second-order valence-electron chi connectivity index (χ2n) is 4.80. The van der Waals surface area contributed by atoms with Crippen molar-refractivity contribution in [3.05, 3.63) is 27.7 Å². The largest absolute Gasteiger partial charge is 0.483 e. The van der Waals surface area contributed by atoms with Crippen molar-refractivity contribution < 1.29 is 19.4 Å². The second-order valence-corrected chi connectivity index (χ2v) is 6.09. The number of hydrogen-bond donors (Lipinski definition) is 1. The number of likely N-dealkylation sites (tertiary alicyclic amines) is 1. The van der Waals surface area contributed by atoms with Crippen LogP contribution in [0.1, 0.15) is 19.3 Å². The Hall–Kier alpha value is -1.27. The normalized spacial score (nSPS) is 18.4. The molecule has 0 spiro atoms. The number of carboxylic acids is 1. The highest BCUT2D eigenvalue weighted by molar-refractivity contribution is 9.10. The van der Waals surface area contributed by atoms with Crippen LogP contribution in [0.25, 0.3) is 0 Å². The predicted octanol–water partition coefficient (Wildman–Crippen LogP) is 2.95. The van der Waals surface area contributed by atoms with Crippen LogP contribution in [0.4, 0.5) is 0 Å². The van der Waals surface area contributed by atoms with Crippen LogP contribution < -0.4 is 4.74 Å². The van der Waals surface area contributed by atoms with Gasteiger partial charge in [-0.05, 0) is 53.4 Å². The van der Waals surface area contributed by atoms with Crippen LogP contribution >= 0.6 is 27.5 Å². The summed E-state index contributed by atoms with van der Waals surface area (Å²) in [5, 5.41) is 9.72. The minimum absolute atomic E-state index is 0.190. The Balaban J connectivity index is 1.98. The number of carboxylic acid groups (broad SMARTS) is 1. The molecule has 1 atom stereocenters. The van der Waals surface area contributed by atoms with Crippen molar-refractivity contribution in [2.24, 2.45) is 0 Å². The second kappa shape index (κ2) is 7.13. The van der Waals surface area contributed by atoms with Crippen molar-refractivity contribution in [2.75, 3.05) is 13.2 Å². The number of rotatable bonds is 4. The topological polar surface area (TPSA) is 66.8 Å². The van der Waals surface area contributed by atoms with E-state index < -0.39 is 12.0 Å². The van der Waals surface area contributed by atoms with Gasteiger partial charge in [-0.2, -0.15) is 0 Å². The van der Waals surface area contributed by atoms with Crippen LogP contribution in [-0.2, 0) is 9.59 Å². The Morgan fingerprint density at radius 1 is 1.43 bits per heavy atom. The van der Waals surface area contributed by atoms with Crippen LogP contribution in [0.3, 0.4) is 0 Å². The van der Waals surface area contributed by atoms with Gasteiger partial charge in [-0.1, -0.05) is 11.6 Å². The lowest BCUT2D eigenvalue weighted by Gasteiger charge is -2.32. The lowest BCUT2D eigenvalue weighted by Crippen LogP contribution is -2.49. The first kappa shape index (κ1) is 16.1. The van der Waals surface area contributed by atoms with Crippen LogP contribution in [0.15, 0.2) is 22.7 Å². The summed E-state index contributed by atoms with van der Waals surface area (Å²) in [5.41, 5.74) is 0. The summed E-state index contributed by atoms with van der Waals surface area (Å²) in [5.74, 6) is -0.781. The number of piperidine rings is 1. The van der Waals surface area contributed by atoms with Gasteiger partial charge in [0.1, 0.15) is 11.8 Å². The van der Waals surface area contributed by atoms with Crippen molar-refractivity contribution in [1.29, 1.82) is 0 Å². The zero-order chi connectivity index (χ0) is 15.4. The molecule has 1 N–H and O–H groups in total. The van der Waals surface area contributed by atoms with Crippen LogP contribution in [0.5, 0.6) is 5.75 Å². The van der Waals surface area contributed by atoms with Crippen molar-refractivity contribution in [1.82, 2.24) is 4.90 Å². The van der Waals surface area contributed by atoms with E-state index in [4.69, 9.17) is 21.4 Å². The van der Waals surface area contributed by atoms with E-state index in [-0.39, 0.29) is 12.5 Å². The average Bonchev–Trinajstić information content (AvgIpc) is 2.46. The molecule has 0 saturated carbocycles. The number of benzene rings is 1. The van der Waals surface area contributed by atoms with Crippen LogP contribution in [-0.4, -0.2) is 41.1 Å². The first-order valence-corrected chi connectivity index (χ1v) is 7.76. The number of carbonyl (C=O) groups excluding carboxylic acids is 1. The van der Waals surface area contributed by atoms with Crippen molar-refractivity contribution in [3.8, 4) is 5.75 Å². The van der Waals surface area contributed by atoms with Crippen molar-refractivity contribution >= 4 is 39.4 Å². The highest BCUT2D eigenvalue weighted by Crippen LogP contribution is 2.28. The van der Waals surface area contributed by atoms with E-state index in [0.717, 1.165) is 12.8 Å². The molecule has 0 radical (unpaired) electrons. The SMILES string of the molecule is O=C(O)[C@@H]1CCCCN1C(=O)COc1ccc(Cl)cc1Br. The zero-order valence-corrected chi connectivity index (χ0v) is 13.6. The van der Waals surface area contributed by atoms with Gasteiger partial charge in [0.25, 0.3) is 5.91 Å². The molecule has 1 aromatic rings. The number of aliphatic carboxylic acids is 1. The molecular formula is C14H15BrClNO4. The molecule has 1 aliphatic heterocycles. The Kier molecular flexibility index (Phi) is 5.47. The molecule has 5 nitrogen and oxygen atoms in total. The lowest BCUT2D eigenvalue weighted by atomic mass is 10.0. The molecule has 1 aliphatic rings. The molecule has 1 heterocycles. The summed E-state index contributed by atoms with van der Waals surface area (Å²) in [7, 11) is 0. The van der Waals surface area contributed by atoms with Crippen LogP contribution in [0.2, 0.25) is 5.02 Å². The Morgan fingerprint density at radius 3 is 2.86 bits per heavy atom. The summed E-state index contributed by atoms with van der Waals surface area (Å²) in [6.07, 6.45) is 2.14. The molecule has 0 unspecified atom stereocenters. The summed E-state index contributed by atoms with van der Waals surface area (Å²) in [6.45, 7) is 0.269. The van der Waals surface area contributed by atoms with Crippen molar-refractivity contribution in [3.63, 3.8) is 0 Å². The standard InChI is InChI=1S/C14H15BrClNO4/c15-10-7-9(16)4-5-12(10)21-8-13(18)17-6-2-1-3-11(17)14(19)20/h4-5,7,11H,1-3,6,8H2,(H,19,20)/t11-/m0/s1. The Morgan fingerprint density at radius 2 is 2.19 bits per heavy atom. The third-order valence-corrected chi connectivity index (χ3v) is 4.21. The fourth-order valence-corrected chi connectivity index (χ4v) is 3.10. The highest BCUT2D eigenvalue weighted by atomic mass is 79.9. The molecule has 0 bridgehead atoms. The minimum Gasteiger partial charge on any atom is -0.483 e. The third-order valence-electron chi connectivity index (χ3n) is 3.35. The predicted molar refractivity (Wildman–Crippen MR) is 81.6 cm³/mol. The maximum absolute atomic E-state index is 12.2. The summed E-state index contributed by atoms with van der Waals surface area (Å²) >= 11 is 9.13. The van der Waals surface area contributed by atoms with E-state index in [0.29, 0.717) is 28.2 Å². The number of hydrogen-bond acceptors (Lipinski definition) is 3. The Bertz CT molecular complexity index is 552. The molecule has 1 amide bonds. The molecular weight excluding hydrogens is 362 g/mol. The first-order valence-electron chi connectivity index (χ1n) is 6.59. The summed E-state index contributed by atoms with van der Waals surface area (Å²) < 4.78 is 6.09. The molecule has 114 valence electrons. The smallest absolute Gasteiger partial charge is 0.326 e. The fourth-order valence-electron chi connectivity index (χ4n) is 2.30. The van der Waals surface area contributed by atoms with E-state index in [9.17, 15) is 9.59 Å². The number of halogens is 2. The number of carbonyl (C=O) groups is 2. The van der Waals surface area contributed by atoms with E-state index in [2.05, 4.69) is 15.9 Å². The number of nitrogens with zero attached hydrogens (tertiary/aromatic N) is 1. The van der Waals surface area contributed by atoms with E-state index in [1.54, 1.807) is 18.2 Å². The van der Waals surface area contributed by atoms with Gasteiger partial charge in [-0.15, -0.1) is 0 Å². The monoisotopic (exact) mass is 375 g/mol. The van der Waals surface area contributed by atoms with Gasteiger partial charge in [0.15, 0.2) is 6.61 Å². The molecule has 1 aromatic carbocycles. The van der Waals surface area contributed by atoms with Gasteiger partial charge in [-0.25, -0.2) is 4.79 Å². The highest BCUT2D eigenvalue weighted by Gasteiger charge is 2.31. The number of amides is 1. The zero-order valence-electron chi connectivity index (χ0n) is 11.2. The van der Waals surface area contributed by atoms with Crippen molar-refractivity contribution in [2.45, 2.75) is 25.3 Å². The quantitative estimate of drug-likeness (QED) is 0.877. The van der Waals surface area contributed by atoms with E-state index in [1.807, 2.05) is 0 Å². The molecule has 0 aliphatic carbocycles. The van der Waals surface area contributed by atoms with Gasteiger partial charge in [-0.3, -0.25) is 4.79 Å². The minimum atomic E-state index is -0.962. The first-order chi connectivity index (χ1) is 9.99. The molecule has 7 heteroatoms. The molecule has 0 aromatic heterocycles. The van der Waals surface area contributed by atoms with E-state index in [1.165, 1.54) is 4.90 Å². The third kappa shape index (κ3) is 4.11. The average molecular weight is 377 g/mol. The fraction of sp³-hybridized carbons (Fsp3) is 0.429. The molecule has 1 saturated heterocycles. The van der Waals surface area contributed by atoms with Crippen LogP contribution in [0, 0.1) is 0 Å². The maximum atomic E-state index is 12.2. The lowest BCUT2D eigenvalue weighted by molar-refractivity contribution is -0.152. The Labute approximate surface area is 136 Å². The summed E-state index contributed by atoms with van der Waals surface area (Å²) in [6, 6.07) is 4.24. The van der Waals surface area contributed by atoms with Gasteiger partial charge in [0.2, 0.25) is 0 Å². The maximum Gasteiger partial charge on any atom is 0.326 e. The number of ether oxygens (including phenoxy) is 1. The molecule has 2 rings (SSSR count). The molecule has 21 heavy (non-hydrogen) atoms.